The minimum Gasteiger partial charge on any atom is -0.391 e. The van der Waals surface area contributed by atoms with Crippen molar-refractivity contribution in [2.75, 3.05) is 37.8 Å². The molecule has 1 aromatic heterocycles. The molecule has 0 bridgehead atoms. The van der Waals surface area contributed by atoms with Gasteiger partial charge in [0, 0.05) is 25.3 Å². The highest BCUT2D eigenvalue weighted by atomic mass is 16.3. The zero-order valence-corrected chi connectivity index (χ0v) is 10.2. The van der Waals surface area contributed by atoms with Crippen LogP contribution in [-0.4, -0.2) is 59.3 Å². The maximum absolute atomic E-state index is 9.78. The second-order valence-corrected chi connectivity index (χ2v) is 4.73. The predicted molar refractivity (Wildman–Crippen MR) is 66.8 cm³/mol. The van der Waals surface area contributed by atoms with E-state index >= 15 is 0 Å². The van der Waals surface area contributed by atoms with Crippen LogP contribution in [0.3, 0.4) is 0 Å². The SMILES string of the molecule is CN(C)CC1CC(O)CN1c1ccnc(N)n1. The lowest BCUT2D eigenvalue weighted by Gasteiger charge is -2.27. The Labute approximate surface area is 101 Å². The van der Waals surface area contributed by atoms with E-state index in [2.05, 4.69) is 19.8 Å². The van der Waals surface area contributed by atoms with Gasteiger partial charge in [0.1, 0.15) is 5.82 Å². The van der Waals surface area contributed by atoms with Crippen molar-refractivity contribution in [2.24, 2.45) is 0 Å². The highest BCUT2D eigenvalue weighted by Crippen LogP contribution is 2.24. The number of nitrogens with zero attached hydrogens (tertiary/aromatic N) is 4. The van der Waals surface area contributed by atoms with Gasteiger partial charge in [-0.05, 0) is 26.6 Å². The number of aromatic nitrogens is 2. The van der Waals surface area contributed by atoms with Gasteiger partial charge in [-0.1, -0.05) is 0 Å². The Bertz CT molecular complexity index is 384. The number of nitrogens with two attached hydrogens (primary N) is 1. The summed E-state index contributed by atoms with van der Waals surface area (Å²) in [5, 5.41) is 9.78. The molecule has 0 radical (unpaired) electrons. The quantitative estimate of drug-likeness (QED) is 0.742. The molecule has 0 saturated carbocycles. The molecule has 17 heavy (non-hydrogen) atoms. The summed E-state index contributed by atoms with van der Waals surface area (Å²) >= 11 is 0. The minimum absolute atomic E-state index is 0.271. The van der Waals surface area contributed by atoms with Crippen LogP contribution < -0.4 is 10.6 Å². The summed E-state index contributed by atoms with van der Waals surface area (Å²) in [6.45, 7) is 1.50. The summed E-state index contributed by atoms with van der Waals surface area (Å²) in [7, 11) is 4.05. The molecule has 2 rings (SSSR count). The van der Waals surface area contributed by atoms with Gasteiger partial charge in [0.05, 0.1) is 6.10 Å². The van der Waals surface area contributed by atoms with Crippen molar-refractivity contribution in [3.8, 4) is 0 Å². The lowest BCUT2D eigenvalue weighted by Crippen LogP contribution is -2.38. The predicted octanol–water partition coefficient (Wildman–Crippen LogP) is -0.440. The smallest absolute Gasteiger partial charge is 0.221 e. The molecule has 2 heterocycles. The van der Waals surface area contributed by atoms with Crippen LogP contribution in [0.15, 0.2) is 12.3 Å². The Morgan fingerprint density at radius 3 is 3.00 bits per heavy atom. The lowest BCUT2D eigenvalue weighted by atomic mass is 10.2. The molecule has 1 saturated heterocycles. The number of hydrogen-bond donors (Lipinski definition) is 2. The Balaban J connectivity index is 2.17. The first kappa shape index (κ1) is 12.1. The number of aliphatic hydroxyl groups is 1. The largest absolute Gasteiger partial charge is 0.391 e. The fourth-order valence-corrected chi connectivity index (χ4v) is 2.29. The molecule has 1 fully saturated rings. The second kappa shape index (κ2) is 4.85. The van der Waals surface area contributed by atoms with E-state index < -0.39 is 0 Å². The van der Waals surface area contributed by atoms with E-state index in [1.165, 1.54) is 0 Å². The summed E-state index contributed by atoms with van der Waals surface area (Å²) in [6.07, 6.45) is 2.12. The van der Waals surface area contributed by atoms with E-state index in [0.29, 0.717) is 6.54 Å². The van der Waals surface area contributed by atoms with E-state index in [0.717, 1.165) is 18.8 Å². The van der Waals surface area contributed by atoms with Gasteiger partial charge >= 0.3 is 0 Å². The average molecular weight is 237 g/mol. The molecule has 0 aromatic carbocycles. The van der Waals surface area contributed by atoms with Gasteiger partial charge in [0.2, 0.25) is 5.95 Å². The molecule has 0 amide bonds. The first-order valence-corrected chi connectivity index (χ1v) is 5.74. The monoisotopic (exact) mass is 237 g/mol. The first-order valence-electron chi connectivity index (χ1n) is 5.74. The van der Waals surface area contributed by atoms with Crippen molar-refractivity contribution in [1.82, 2.24) is 14.9 Å². The fraction of sp³-hybridized carbons (Fsp3) is 0.636. The van der Waals surface area contributed by atoms with Crippen LogP contribution in [0.25, 0.3) is 0 Å². The highest BCUT2D eigenvalue weighted by Gasteiger charge is 2.32. The van der Waals surface area contributed by atoms with Crippen LogP contribution in [0, 0.1) is 0 Å². The van der Waals surface area contributed by atoms with E-state index in [-0.39, 0.29) is 18.1 Å². The van der Waals surface area contributed by atoms with Crippen molar-refractivity contribution in [2.45, 2.75) is 18.6 Å². The summed E-state index contributed by atoms with van der Waals surface area (Å²) in [5.41, 5.74) is 5.59. The summed E-state index contributed by atoms with van der Waals surface area (Å²) in [5.74, 6) is 1.06. The summed E-state index contributed by atoms with van der Waals surface area (Å²) < 4.78 is 0. The third-order valence-electron chi connectivity index (χ3n) is 2.92. The topological polar surface area (TPSA) is 78.5 Å². The van der Waals surface area contributed by atoms with E-state index in [1.54, 1.807) is 6.20 Å². The van der Waals surface area contributed by atoms with Gasteiger partial charge in [0.25, 0.3) is 0 Å². The number of β-amino-alcohol motifs (C(OH)–C–C–N with tert-alkyl or cyclic N) is 1. The van der Waals surface area contributed by atoms with E-state index in [4.69, 9.17) is 5.73 Å². The lowest BCUT2D eigenvalue weighted by molar-refractivity contribution is 0.191. The molecule has 94 valence electrons. The van der Waals surface area contributed by atoms with Crippen molar-refractivity contribution in [3.05, 3.63) is 12.3 Å². The standard InChI is InChI=1S/C11H19N5O/c1-15(2)6-8-5-9(17)7-16(8)10-3-4-13-11(12)14-10/h3-4,8-9,17H,5-7H2,1-2H3,(H2,12,13,14). The molecule has 3 N–H and O–H groups in total. The van der Waals surface area contributed by atoms with Gasteiger partial charge < -0.3 is 20.6 Å². The van der Waals surface area contributed by atoms with Crippen LogP contribution >= 0.6 is 0 Å². The molecular formula is C11H19N5O. The molecule has 6 heteroatoms. The van der Waals surface area contributed by atoms with E-state index in [9.17, 15) is 5.11 Å². The Morgan fingerprint density at radius 2 is 2.35 bits per heavy atom. The zero-order chi connectivity index (χ0) is 12.4. The molecule has 1 aliphatic heterocycles. The maximum Gasteiger partial charge on any atom is 0.221 e. The van der Waals surface area contributed by atoms with Crippen molar-refractivity contribution in [1.29, 1.82) is 0 Å². The Hall–Kier alpha value is -1.40. The van der Waals surface area contributed by atoms with Crippen LogP contribution in [0.5, 0.6) is 0 Å². The second-order valence-electron chi connectivity index (χ2n) is 4.73. The molecule has 1 aromatic rings. The minimum atomic E-state index is -0.295. The number of anilines is 2. The average Bonchev–Trinajstić information content (AvgIpc) is 2.58. The molecule has 1 aliphatic rings. The van der Waals surface area contributed by atoms with Crippen LogP contribution in [0.1, 0.15) is 6.42 Å². The molecular weight excluding hydrogens is 218 g/mol. The van der Waals surface area contributed by atoms with Crippen molar-refractivity contribution in [3.63, 3.8) is 0 Å². The molecule has 0 aliphatic carbocycles. The van der Waals surface area contributed by atoms with Crippen LogP contribution in [0.2, 0.25) is 0 Å². The maximum atomic E-state index is 9.78. The molecule has 2 unspecified atom stereocenters. The Kier molecular flexibility index (Phi) is 3.44. The highest BCUT2D eigenvalue weighted by molar-refractivity contribution is 5.43. The van der Waals surface area contributed by atoms with Crippen molar-refractivity contribution < 1.29 is 5.11 Å². The van der Waals surface area contributed by atoms with Gasteiger partial charge in [-0.15, -0.1) is 0 Å². The number of nitrogen functional groups attached to an aromatic ring is 1. The van der Waals surface area contributed by atoms with Crippen molar-refractivity contribution >= 4 is 11.8 Å². The van der Waals surface area contributed by atoms with Gasteiger partial charge in [-0.25, -0.2) is 4.98 Å². The number of hydrogen-bond acceptors (Lipinski definition) is 6. The molecule has 0 spiro atoms. The normalized spacial score (nSPS) is 24.6. The first-order chi connectivity index (χ1) is 8.06. The van der Waals surface area contributed by atoms with Gasteiger partial charge in [0.15, 0.2) is 0 Å². The van der Waals surface area contributed by atoms with Gasteiger partial charge in [-0.2, -0.15) is 4.98 Å². The fourth-order valence-electron chi connectivity index (χ4n) is 2.29. The summed E-state index contributed by atoms with van der Waals surface area (Å²) in [6, 6.07) is 2.10. The van der Waals surface area contributed by atoms with Crippen LogP contribution in [0.4, 0.5) is 11.8 Å². The third kappa shape index (κ3) is 2.83. The number of aliphatic hydroxyl groups excluding tert-OH is 1. The molecule has 2 atom stereocenters. The third-order valence-corrected chi connectivity index (χ3v) is 2.92. The number of rotatable bonds is 3. The number of likely N-dealkylation sites (N-methyl/N-ethyl adjacent to an activating group) is 1. The van der Waals surface area contributed by atoms with Crippen LogP contribution in [-0.2, 0) is 0 Å². The summed E-state index contributed by atoms with van der Waals surface area (Å²) in [4.78, 5) is 12.3. The van der Waals surface area contributed by atoms with Gasteiger partial charge in [-0.3, -0.25) is 0 Å². The van der Waals surface area contributed by atoms with E-state index in [1.807, 2.05) is 20.2 Å². The Morgan fingerprint density at radius 1 is 1.59 bits per heavy atom. The molecule has 6 nitrogen and oxygen atoms in total. The zero-order valence-electron chi connectivity index (χ0n) is 10.2.